The van der Waals surface area contributed by atoms with E-state index in [1.165, 1.54) is 11.8 Å². The Labute approximate surface area is 202 Å². The third-order valence-corrected chi connectivity index (χ3v) is 6.03. The zero-order chi connectivity index (χ0) is 23.8. The molecular formula is C24H26ClN5O2S. The van der Waals surface area contributed by atoms with Crippen LogP contribution in [0, 0.1) is 0 Å². The van der Waals surface area contributed by atoms with Gasteiger partial charge < -0.3 is 15.2 Å². The third-order valence-electron chi connectivity index (χ3n) is 4.81. The van der Waals surface area contributed by atoms with Crippen molar-refractivity contribution in [2.45, 2.75) is 38.0 Å². The molecule has 2 aromatic carbocycles. The van der Waals surface area contributed by atoms with Gasteiger partial charge in [-0.05, 0) is 41.8 Å². The lowest BCUT2D eigenvalue weighted by Gasteiger charge is -2.13. The van der Waals surface area contributed by atoms with Gasteiger partial charge in [0.15, 0.2) is 11.0 Å². The number of thioether (sulfide) groups is 1. The standard InChI is InChI=1S/C24H26ClN5O2S/c1-4-13-30-21(14-26-23(32)17-9-11-18(25)12-10-17)28-29-24(30)33-15-22(31)27-20-8-6-5-7-19(20)16(2)3/h4-12,16H,1,13-15H2,2-3H3,(H,26,32)(H,27,31). The summed E-state index contributed by atoms with van der Waals surface area (Å²) in [6.45, 7) is 8.61. The van der Waals surface area contributed by atoms with Crippen LogP contribution in [0.4, 0.5) is 5.69 Å². The number of carbonyl (C=O) groups is 2. The lowest BCUT2D eigenvalue weighted by Crippen LogP contribution is -2.24. The second-order valence-corrected chi connectivity index (χ2v) is 8.95. The predicted octanol–water partition coefficient (Wildman–Crippen LogP) is 4.90. The molecular weight excluding hydrogens is 458 g/mol. The van der Waals surface area contributed by atoms with Gasteiger partial charge in [0.05, 0.1) is 12.3 Å². The van der Waals surface area contributed by atoms with Gasteiger partial charge >= 0.3 is 0 Å². The summed E-state index contributed by atoms with van der Waals surface area (Å²) in [4.78, 5) is 24.9. The summed E-state index contributed by atoms with van der Waals surface area (Å²) in [5, 5.41) is 15.4. The number of allylic oxidation sites excluding steroid dienone is 1. The van der Waals surface area contributed by atoms with Gasteiger partial charge in [-0.15, -0.1) is 16.8 Å². The maximum atomic E-state index is 12.6. The number of anilines is 1. The van der Waals surface area contributed by atoms with Gasteiger partial charge in [-0.25, -0.2) is 0 Å². The predicted molar refractivity (Wildman–Crippen MR) is 133 cm³/mol. The summed E-state index contributed by atoms with van der Waals surface area (Å²) in [5.41, 5.74) is 2.41. The molecule has 0 saturated carbocycles. The highest BCUT2D eigenvalue weighted by Crippen LogP contribution is 2.24. The molecule has 0 aliphatic rings. The lowest BCUT2D eigenvalue weighted by molar-refractivity contribution is -0.113. The molecule has 3 rings (SSSR count). The minimum absolute atomic E-state index is 0.126. The lowest BCUT2D eigenvalue weighted by atomic mass is 10.0. The van der Waals surface area contributed by atoms with Crippen molar-refractivity contribution >= 4 is 40.9 Å². The molecule has 9 heteroatoms. The molecule has 0 fully saturated rings. The summed E-state index contributed by atoms with van der Waals surface area (Å²) in [5.74, 6) is 0.690. The Morgan fingerprint density at radius 2 is 1.88 bits per heavy atom. The Balaban J connectivity index is 1.62. The van der Waals surface area contributed by atoms with E-state index < -0.39 is 0 Å². The summed E-state index contributed by atoms with van der Waals surface area (Å²) in [6.07, 6.45) is 1.72. The number of benzene rings is 2. The first kappa shape index (κ1) is 24.5. The van der Waals surface area contributed by atoms with Gasteiger partial charge in [-0.3, -0.25) is 9.59 Å². The van der Waals surface area contributed by atoms with E-state index in [-0.39, 0.29) is 24.1 Å². The molecule has 0 spiro atoms. The van der Waals surface area contributed by atoms with Gasteiger partial charge in [-0.2, -0.15) is 0 Å². The van der Waals surface area contributed by atoms with E-state index in [0.29, 0.717) is 34.0 Å². The van der Waals surface area contributed by atoms with Gasteiger partial charge in [0.1, 0.15) is 0 Å². The molecule has 0 atom stereocenters. The van der Waals surface area contributed by atoms with Crippen LogP contribution in [0.15, 0.2) is 66.3 Å². The van der Waals surface area contributed by atoms with Crippen LogP contribution in [0.3, 0.4) is 0 Å². The zero-order valence-corrected chi connectivity index (χ0v) is 20.1. The van der Waals surface area contributed by atoms with E-state index in [2.05, 4.69) is 41.3 Å². The fraction of sp³-hybridized carbons (Fsp3) is 0.250. The van der Waals surface area contributed by atoms with Crippen LogP contribution >= 0.6 is 23.4 Å². The number of nitrogens with zero attached hydrogens (tertiary/aromatic N) is 3. The van der Waals surface area contributed by atoms with Gasteiger partial charge in [0, 0.05) is 22.8 Å². The van der Waals surface area contributed by atoms with E-state index in [0.717, 1.165) is 11.3 Å². The minimum atomic E-state index is -0.239. The van der Waals surface area contributed by atoms with Crippen LogP contribution in [-0.4, -0.2) is 32.3 Å². The second kappa shape index (κ2) is 11.7. The molecule has 1 aromatic heterocycles. The molecule has 7 nitrogen and oxygen atoms in total. The maximum Gasteiger partial charge on any atom is 0.251 e. The largest absolute Gasteiger partial charge is 0.345 e. The molecule has 33 heavy (non-hydrogen) atoms. The van der Waals surface area contributed by atoms with Crippen molar-refractivity contribution in [3.63, 3.8) is 0 Å². The highest BCUT2D eigenvalue weighted by Gasteiger charge is 2.16. The number of para-hydroxylation sites is 1. The Morgan fingerprint density at radius 3 is 2.58 bits per heavy atom. The summed E-state index contributed by atoms with van der Waals surface area (Å²) in [6, 6.07) is 14.4. The number of amides is 2. The Bertz CT molecular complexity index is 1130. The molecule has 172 valence electrons. The molecule has 0 aliphatic carbocycles. The molecule has 0 saturated heterocycles. The summed E-state index contributed by atoms with van der Waals surface area (Å²) in [7, 11) is 0. The van der Waals surface area contributed by atoms with Crippen molar-refractivity contribution in [1.82, 2.24) is 20.1 Å². The van der Waals surface area contributed by atoms with E-state index in [9.17, 15) is 9.59 Å². The van der Waals surface area contributed by atoms with Crippen molar-refractivity contribution in [1.29, 1.82) is 0 Å². The molecule has 0 unspecified atom stereocenters. The number of carbonyl (C=O) groups excluding carboxylic acids is 2. The molecule has 0 aliphatic heterocycles. The number of aromatic nitrogens is 3. The van der Waals surface area contributed by atoms with E-state index in [1.54, 1.807) is 30.3 Å². The van der Waals surface area contributed by atoms with Crippen LogP contribution in [-0.2, 0) is 17.9 Å². The van der Waals surface area contributed by atoms with Crippen LogP contribution in [0.25, 0.3) is 0 Å². The van der Waals surface area contributed by atoms with E-state index >= 15 is 0 Å². The Morgan fingerprint density at radius 1 is 1.15 bits per heavy atom. The van der Waals surface area contributed by atoms with Crippen molar-refractivity contribution in [2.75, 3.05) is 11.1 Å². The van der Waals surface area contributed by atoms with Gasteiger partial charge in [0.25, 0.3) is 5.91 Å². The maximum absolute atomic E-state index is 12.6. The average Bonchev–Trinajstić information content (AvgIpc) is 3.18. The number of hydrogen-bond donors (Lipinski definition) is 2. The Hall–Kier alpha value is -3.10. The molecule has 0 radical (unpaired) electrons. The van der Waals surface area contributed by atoms with Gasteiger partial charge in [0.2, 0.25) is 5.91 Å². The minimum Gasteiger partial charge on any atom is -0.345 e. The third kappa shape index (κ3) is 6.69. The van der Waals surface area contributed by atoms with Crippen molar-refractivity contribution in [2.24, 2.45) is 0 Å². The van der Waals surface area contributed by atoms with Crippen LogP contribution < -0.4 is 10.6 Å². The monoisotopic (exact) mass is 483 g/mol. The van der Waals surface area contributed by atoms with Crippen molar-refractivity contribution in [3.8, 4) is 0 Å². The second-order valence-electron chi connectivity index (χ2n) is 7.57. The molecule has 0 bridgehead atoms. The first-order valence-electron chi connectivity index (χ1n) is 10.5. The zero-order valence-electron chi connectivity index (χ0n) is 18.5. The van der Waals surface area contributed by atoms with Crippen molar-refractivity contribution in [3.05, 3.63) is 83.2 Å². The van der Waals surface area contributed by atoms with Gasteiger partial charge in [-0.1, -0.05) is 61.5 Å². The van der Waals surface area contributed by atoms with Crippen LogP contribution in [0.1, 0.15) is 41.5 Å². The number of rotatable bonds is 10. The average molecular weight is 484 g/mol. The number of nitrogens with one attached hydrogen (secondary N) is 2. The number of halogens is 1. The highest BCUT2D eigenvalue weighted by molar-refractivity contribution is 7.99. The van der Waals surface area contributed by atoms with E-state index in [1.807, 2.05) is 28.8 Å². The topological polar surface area (TPSA) is 88.9 Å². The van der Waals surface area contributed by atoms with Crippen LogP contribution in [0.2, 0.25) is 5.02 Å². The van der Waals surface area contributed by atoms with Crippen LogP contribution in [0.5, 0.6) is 0 Å². The summed E-state index contributed by atoms with van der Waals surface area (Å²) < 4.78 is 1.83. The Kier molecular flexibility index (Phi) is 8.68. The quantitative estimate of drug-likeness (QED) is 0.316. The first-order chi connectivity index (χ1) is 15.9. The first-order valence-corrected chi connectivity index (χ1v) is 11.8. The summed E-state index contributed by atoms with van der Waals surface area (Å²) >= 11 is 7.16. The fourth-order valence-electron chi connectivity index (χ4n) is 3.16. The van der Waals surface area contributed by atoms with E-state index in [4.69, 9.17) is 11.6 Å². The SMILES string of the molecule is C=CCn1c(CNC(=O)c2ccc(Cl)cc2)nnc1SCC(=O)Nc1ccccc1C(C)C. The smallest absolute Gasteiger partial charge is 0.251 e. The molecule has 2 amide bonds. The normalized spacial score (nSPS) is 10.8. The molecule has 1 heterocycles. The fourth-order valence-corrected chi connectivity index (χ4v) is 4.05. The molecule has 3 aromatic rings. The highest BCUT2D eigenvalue weighted by atomic mass is 35.5. The number of hydrogen-bond acceptors (Lipinski definition) is 5. The molecule has 2 N–H and O–H groups in total. The van der Waals surface area contributed by atoms with Crippen molar-refractivity contribution < 1.29 is 9.59 Å².